The number of rotatable bonds is 2. The van der Waals surface area contributed by atoms with Crippen LogP contribution in [0.3, 0.4) is 0 Å². The molecule has 0 amide bonds. The van der Waals surface area contributed by atoms with E-state index in [0.29, 0.717) is 4.64 Å². The van der Waals surface area contributed by atoms with Crippen molar-refractivity contribution in [1.82, 2.24) is 4.57 Å². The van der Waals surface area contributed by atoms with E-state index in [-0.39, 0.29) is 6.61 Å². The molecule has 7 heteroatoms. The van der Waals surface area contributed by atoms with Crippen molar-refractivity contribution in [1.29, 1.82) is 0 Å². The smallest absolute Gasteiger partial charge is 0.164 e. The number of hydrogen-bond acceptors (Lipinski definition) is 6. The molecule has 19 heavy (non-hydrogen) atoms. The third-order valence-corrected chi connectivity index (χ3v) is 4.81. The van der Waals surface area contributed by atoms with Crippen molar-refractivity contribution in [2.75, 3.05) is 6.61 Å². The summed E-state index contributed by atoms with van der Waals surface area (Å²) in [4.78, 5) is 0. The summed E-state index contributed by atoms with van der Waals surface area (Å²) in [6, 6.07) is 3.85. The third kappa shape index (κ3) is 2.03. The second-order valence-electron chi connectivity index (χ2n) is 4.46. The lowest BCUT2D eigenvalue weighted by Gasteiger charge is -2.18. The van der Waals surface area contributed by atoms with Crippen LogP contribution in [0.5, 0.6) is 0 Å². The van der Waals surface area contributed by atoms with Crippen LogP contribution in [0.25, 0.3) is 10.1 Å². The Morgan fingerprint density at radius 1 is 1.32 bits per heavy atom. The van der Waals surface area contributed by atoms with Gasteiger partial charge in [0.15, 0.2) is 6.23 Å². The number of thiophene rings is 1. The van der Waals surface area contributed by atoms with Crippen molar-refractivity contribution in [3.8, 4) is 0 Å². The summed E-state index contributed by atoms with van der Waals surface area (Å²) >= 11 is 6.91. The summed E-state index contributed by atoms with van der Waals surface area (Å²) in [5.74, 6) is 0. The highest BCUT2D eigenvalue weighted by molar-refractivity contribution is 7.71. The van der Waals surface area contributed by atoms with Crippen LogP contribution in [0.15, 0.2) is 23.7 Å². The monoisotopic (exact) mass is 299 g/mol. The van der Waals surface area contributed by atoms with Crippen molar-refractivity contribution in [3.05, 3.63) is 28.4 Å². The molecule has 5 nitrogen and oxygen atoms in total. The van der Waals surface area contributed by atoms with Gasteiger partial charge < -0.3 is 24.6 Å². The van der Waals surface area contributed by atoms with E-state index in [1.54, 1.807) is 10.8 Å². The lowest BCUT2D eigenvalue weighted by Crippen LogP contribution is -2.33. The molecular weight excluding hydrogens is 286 g/mol. The first-order valence-electron chi connectivity index (χ1n) is 5.84. The molecule has 1 aliphatic heterocycles. The fraction of sp³-hybridized carbons (Fsp3) is 0.417. The molecule has 0 radical (unpaired) electrons. The van der Waals surface area contributed by atoms with E-state index in [9.17, 15) is 10.2 Å². The molecule has 2 aromatic heterocycles. The number of aliphatic hydroxyl groups is 3. The minimum Gasteiger partial charge on any atom is -0.394 e. The molecule has 0 bridgehead atoms. The summed E-state index contributed by atoms with van der Waals surface area (Å²) in [5.41, 5.74) is 0. The zero-order valence-corrected chi connectivity index (χ0v) is 11.5. The molecule has 1 saturated heterocycles. The number of ether oxygens (including phenoxy) is 1. The fourth-order valence-corrected chi connectivity index (χ4v) is 3.54. The van der Waals surface area contributed by atoms with Crippen LogP contribution >= 0.6 is 23.6 Å². The van der Waals surface area contributed by atoms with Gasteiger partial charge in [-0.1, -0.05) is 12.2 Å². The molecule has 102 valence electrons. The van der Waals surface area contributed by atoms with Crippen molar-refractivity contribution >= 4 is 33.6 Å². The molecule has 1 aliphatic rings. The van der Waals surface area contributed by atoms with E-state index in [1.807, 2.05) is 17.5 Å². The summed E-state index contributed by atoms with van der Waals surface area (Å²) in [7, 11) is 0. The van der Waals surface area contributed by atoms with Gasteiger partial charge >= 0.3 is 0 Å². The van der Waals surface area contributed by atoms with E-state index < -0.39 is 24.5 Å². The van der Waals surface area contributed by atoms with E-state index in [2.05, 4.69) is 0 Å². The first-order chi connectivity index (χ1) is 9.13. The van der Waals surface area contributed by atoms with Crippen LogP contribution in [0, 0.1) is 4.64 Å². The number of nitrogens with zero attached hydrogens (tertiary/aromatic N) is 1. The molecule has 4 atom stereocenters. The Morgan fingerprint density at radius 2 is 2.11 bits per heavy atom. The minimum atomic E-state index is -1.11. The fourth-order valence-electron chi connectivity index (χ4n) is 2.28. The van der Waals surface area contributed by atoms with Gasteiger partial charge in [0.1, 0.15) is 23.0 Å². The van der Waals surface area contributed by atoms with Crippen LogP contribution in [0.1, 0.15) is 6.23 Å². The number of aliphatic hydroxyl groups excluding tert-OH is 3. The van der Waals surface area contributed by atoms with Crippen LogP contribution in [0.2, 0.25) is 0 Å². The van der Waals surface area contributed by atoms with Gasteiger partial charge in [0.2, 0.25) is 0 Å². The van der Waals surface area contributed by atoms with Gasteiger partial charge in [0, 0.05) is 6.20 Å². The van der Waals surface area contributed by atoms with Crippen LogP contribution in [0.4, 0.5) is 0 Å². The Hall–Kier alpha value is -0.830. The Morgan fingerprint density at radius 3 is 2.79 bits per heavy atom. The van der Waals surface area contributed by atoms with Gasteiger partial charge in [-0.05, 0) is 22.9 Å². The molecule has 2 aromatic rings. The van der Waals surface area contributed by atoms with Crippen LogP contribution < -0.4 is 0 Å². The summed E-state index contributed by atoms with van der Waals surface area (Å²) < 4.78 is 8.60. The average molecular weight is 299 g/mol. The predicted molar refractivity (Wildman–Crippen MR) is 73.7 cm³/mol. The second-order valence-corrected chi connectivity index (χ2v) is 5.76. The molecule has 0 spiro atoms. The summed E-state index contributed by atoms with van der Waals surface area (Å²) in [6.45, 7) is -0.344. The standard InChI is InChI=1S/C12H13NO4S2/c14-5-7-8(15)9(16)11(17-7)13-3-1-6-2-4-19-10(6)12(13)18/h1-4,7-9,11,14-16H,5H2/t7-,8+,9+,11-/m1/s1. The van der Waals surface area contributed by atoms with E-state index in [0.717, 1.165) is 10.1 Å². The number of aromatic nitrogens is 1. The summed E-state index contributed by atoms with van der Waals surface area (Å²) in [5, 5.41) is 31.9. The van der Waals surface area contributed by atoms with E-state index >= 15 is 0 Å². The van der Waals surface area contributed by atoms with Gasteiger partial charge in [-0.2, -0.15) is 0 Å². The normalized spacial score (nSPS) is 31.1. The molecule has 1 fully saturated rings. The van der Waals surface area contributed by atoms with E-state index in [1.165, 1.54) is 11.3 Å². The molecule has 3 N–H and O–H groups in total. The number of hydrogen-bond donors (Lipinski definition) is 3. The SMILES string of the molecule is OC[C@H]1O[C@@H](n2ccc3ccsc3c2=S)[C@@H](O)[C@H]1O. The average Bonchev–Trinajstić information content (AvgIpc) is 2.98. The summed E-state index contributed by atoms with van der Waals surface area (Å²) in [6.07, 6.45) is -2.05. The van der Waals surface area contributed by atoms with Crippen LogP contribution in [-0.4, -0.2) is 44.8 Å². The second kappa shape index (κ2) is 4.93. The van der Waals surface area contributed by atoms with Gasteiger partial charge in [-0.25, -0.2) is 0 Å². The van der Waals surface area contributed by atoms with Crippen molar-refractivity contribution < 1.29 is 20.1 Å². The van der Waals surface area contributed by atoms with Gasteiger partial charge in [-0.15, -0.1) is 11.3 Å². The minimum absolute atomic E-state index is 0.344. The highest BCUT2D eigenvalue weighted by Crippen LogP contribution is 2.32. The molecule has 3 heterocycles. The Bertz CT molecular complexity index is 652. The molecule has 0 aromatic carbocycles. The molecular formula is C12H13NO4S2. The first-order valence-corrected chi connectivity index (χ1v) is 7.13. The number of fused-ring (bicyclic) bond motifs is 1. The van der Waals surface area contributed by atoms with Gasteiger partial charge in [0.05, 0.1) is 11.3 Å². The predicted octanol–water partition coefficient (Wildman–Crippen LogP) is 1.04. The maximum absolute atomic E-state index is 10.0. The van der Waals surface area contributed by atoms with Crippen molar-refractivity contribution in [2.45, 2.75) is 24.5 Å². The lowest BCUT2D eigenvalue weighted by atomic mass is 10.1. The zero-order valence-electron chi connectivity index (χ0n) is 9.84. The molecule has 0 unspecified atom stereocenters. The lowest BCUT2D eigenvalue weighted by molar-refractivity contribution is -0.0533. The van der Waals surface area contributed by atoms with Crippen molar-refractivity contribution in [2.24, 2.45) is 0 Å². The van der Waals surface area contributed by atoms with Gasteiger partial charge in [-0.3, -0.25) is 0 Å². The third-order valence-electron chi connectivity index (χ3n) is 3.33. The molecule has 3 rings (SSSR count). The topological polar surface area (TPSA) is 74.9 Å². The maximum atomic E-state index is 10.0. The highest BCUT2D eigenvalue weighted by Gasteiger charge is 2.43. The van der Waals surface area contributed by atoms with E-state index in [4.69, 9.17) is 22.1 Å². The molecule has 0 saturated carbocycles. The highest BCUT2D eigenvalue weighted by atomic mass is 32.1. The van der Waals surface area contributed by atoms with Gasteiger partial charge in [0.25, 0.3) is 0 Å². The molecule has 0 aliphatic carbocycles. The Labute approximate surface area is 118 Å². The zero-order chi connectivity index (χ0) is 13.6. The van der Waals surface area contributed by atoms with Crippen LogP contribution in [-0.2, 0) is 4.74 Å². The van der Waals surface area contributed by atoms with Crippen molar-refractivity contribution in [3.63, 3.8) is 0 Å². The largest absolute Gasteiger partial charge is 0.394 e. The quantitative estimate of drug-likeness (QED) is 0.723. The Kier molecular flexibility index (Phi) is 3.42. The maximum Gasteiger partial charge on any atom is 0.164 e. The first kappa shape index (κ1) is 13.2. The Balaban J connectivity index is 2.05. The number of pyridine rings is 1.